The van der Waals surface area contributed by atoms with Crippen LogP contribution in [0.25, 0.3) is 0 Å². The van der Waals surface area contributed by atoms with Gasteiger partial charge in [-0.15, -0.1) is 13.2 Å². The quantitative estimate of drug-likeness (QED) is 0.152. The van der Waals surface area contributed by atoms with Gasteiger partial charge in [0.1, 0.15) is 0 Å². The van der Waals surface area contributed by atoms with Crippen molar-refractivity contribution < 1.29 is 30.0 Å². The monoisotopic (exact) mass is 628 g/mol. The first kappa shape index (κ1) is 37.4. The Morgan fingerprint density at radius 1 is 0.541 bits per heavy atom. The van der Waals surface area contributed by atoms with Crippen LogP contribution in [0.5, 0.6) is 0 Å². The average molecular weight is 629 g/mol. The molecule has 0 bridgehead atoms. The van der Waals surface area contributed by atoms with E-state index >= 15 is 0 Å². The highest BCUT2D eigenvalue weighted by Gasteiger charge is 2.63. The molecule has 0 saturated heterocycles. The van der Waals surface area contributed by atoms with Gasteiger partial charge in [-0.3, -0.25) is 0 Å². The summed E-state index contributed by atoms with van der Waals surface area (Å²) < 4.78 is 46.1. The van der Waals surface area contributed by atoms with Gasteiger partial charge in [0.25, 0.3) is 0 Å². The maximum Gasteiger partial charge on any atom is 0.368 e. The minimum absolute atomic E-state index is 0.420. The number of hydrogen-bond donors (Lipinski definition) is 2. The normalized spacial score (nSPS) is 15.9. The van der Waals surface area contributed by atoms with Crippen molar-refractivity contribution in [3.8, 4) is 0 Å². The average Bonchev–Trinajstić information content (AvgIpc) is 2.74. The van der Waals surface area contributed by atoms with Crippen LogP contribution >= 0.6 is 0 Å². The Morgan fingerprint density at radius 2 is 0.784 bits per heavy atom. The highest BCUT2D eigenvalue weighted by molar-refractivity contribution is 7.36. The number of rotatable bonds is 20. The third-order valence-corrected chi connectivity index (χ3v) is 42.0. The fourth-order valence-electron chi connectivity index (χ4n) is 5.14. The highest BCUT2D eigenvalue weighted by Crippen LogP contribution is 2.34. The molecule has 0 heterocycles. The summed E-state index contributed by atoms with van der Waals surface area (Å²) in [5.74, 6) is 0. The van der Waals surface area contributed by atoms with Crippen molar-refractivity contribution in [1.82, 2.24) is 0 Å². The first-order chi connectivity index (χ1) is 16.8. The molecule has 0 aliphatic carbocycles. The second kappa shape index (κ2) is 14.9. The van der Waals surface area contributed by atoms with Crippen molar-refractivity contribution in [2.45, 2.75) is 91.4 Å². The zero-order valence-electron chi connectivity index (χ0n) is 25.6. The van der Waals surface area contributed by atoms with Crippen LogP contribution < -0.4 is 11.5 Å². The predicted octanol–water partition coefficient (Wildman–Crippen LogP) is 4.14. The van der Waals surface area contributed by atoms with E-state index in [9.17, 15) is 0 Å². The molecule has 0 aromatic carbocycles. The second-order valence-electron chi connectivity index (χ2n) is 10.7. The molecule has 0 saturated carbocycles. The molecular weight excluding hydrogens is 573 g/mol. The maximum atomic E-state index is 6.94. The van der Waals surface area contributed by atoms with Crippen LogP contribution in [-0.4, -0.2) is 86.7 Å². The summed E-state index contributed by atoms with van der Waals surface area (Å²) in [6.45, 7) is 34.3. The molecule has 0 rings (SSSR count). The summed E-state index contributed by atoms with van der Waals surface area (Å²) in [4.78, 5) is 0. The summed E-state index contributed by atoms with van der Waals surface area (Å²) in [6, 6.07) is 0. The molecule has 0 fully saturated rings. The summed E-state index contributed by atoms with van der Waals surface area (Å²) in [7, 11) is -16.7. The van der Waals surface area contributed by atoms with Gasteiger partial charge in [0.2, 0.25) is 15.7 Å². The van der Waals surface area contributed by atoms with E-state index in [1.54, 1.807) is 12.2 Å². The van der Waals surface area contributed by atoms with Gasteiger partial charge < -0.3 is 41.5 Å². The Hall–Kier alpha value is 0.421. The van der Waals surface area contributed by atoms with Gasteiger partial charge in [0.05, 0.1) is 11.3 Å². The van der Waals surface area contributed by atoms with Crippen molar-refractivity contribution in [2.75, 3.05) is 26.4 Å². The molecule has 9 nitrogen and oxygen atoms in total. The number of hydrogen-bond acceptors (Lipinski definition) is 9. The first-order valence-corrected chi connectivity index (χ1v) is 30.5. The minimum atomic E-state index is -2.98. The molecule has 15 heteroatoms. The van der Waals surface area contributed by atoms with Crippen molar-refractivity contribution >= 4 is 48.9 Å². The van der Waals surface area contributed by atoms with E-state index in [-0.39, 0.29) is 0 Å². The van der Waals surface area contributed by atoms with Crippen LogP contribution in [0.15, 0.2) is 25.3 Å². The predicted molar refractivity (Wildman–Crippen MR) is 168 cm³/mol. The van der Waals surface area contributed by atoms with Gasteiger partial charge in [0.15, 0.2) is 0 Å². The summed E-state index contributed by atoms with van der Waals surface area (Å²) in [6.07, 6.45) is 3.44. The van der Waals surface area contributed by atoms with Gasteiger partial charge in [0, 0.05) is 26.4 Å². The van der Waals surface area contributed by atoms with Gasteiger partial charge >= 0.3 is 33.3 Å². The van der Waals surface area contributed by atoms with Crippen molar-refractivity contribution in [3.05, 3.63) is 25.3 Å². The SMILES string of the molecule is C=CC(N)[Si](OCC)(OCC)[Si](C)(C)O[Si](C)(C)O[Si](C)(C)O[Si](C)(C)[Si](OCC)(OCC)C(N)C=C. The molecular formula is C22H56N2O7Si6. The molecule has 2 atom stereocenters. The van der Waals surface area contributed by atoms with E-state index in [0.29, 0.717) is 26.4 Å². The van der Waals surface area contributed by atoms with E-state index < -0.39 is 60.3 Å². The van der Waals surface area contributed by atoms with Gasteiger partial charge in [-0.2, -0.15) is 0 Å². The standard InChI is InChI=1S/C22H56N2O7Si6/c1-15-21(23)36(25-17-3,26-18-4)34(11,12)30-32(7,8)29-33(9,10)31-35(13,14)37(27-19-5,28-20-6)22(24)16-2/h15-16,21-22H,1-2,17-20,23-24H2,3-14H3. The first-order valence-electron chi connectivity index (χ1n) is 13.3. The Morgan fingerprint density at radius 3 is 0.973 bits per heavy atom. The molecule has 4 N–H and O–H groups in total. The van der Waals surface area contributed by atoms with Crippen molar-refractivity contribution in [1.29, 1.82) is 0 Å². The fourth-order valence-corrected chi connectivity index (χ4v) is 46.6. The van der Waals surface area contributed by atoms with Gasteiger partial charge in [-0.25, -0.2) is 0 Å². The molecule has 0 spiro atoms. The molecule has 2 unspecified atom stereocenters. The lowest BCUT2D eigenvalue weighted by atomic mass is 10.6. The number of nitrogens with two attached hydrogens (primary N) is 2. The van der Waals surface area contributed by atoms with Gasteiger partial charge in [-0.05, 0) is 80.1 Å². The van der Waals surface area contributed by atoms with E-state index in [0.717, 1.165) is 0 Å². The maximum absolute atomic E-state index is 6.94. The van der Waals surface area contributed by atoms with E-state index in [2.05, 4.69) is 65.5 Å². The lowest BCUT2D eigenvalue weighted by Gasteiger charge is -2.49. The van der Waals surface area contributed by atoms with Crippen molar-refractivity contribution in [3.63, 3.8) is 0 Å². The van der Waals surface area contributed by atoms with E-state index in [4.69, 9.17) is 41.5 Å². The summed E-state index contributed by atoms with van der Waals surface area (Å²) in [5, 5.41) is 0. The Kier molecular flexibility index (Phi) is 15.0. The topological polar surface area (TPSA) is 117 Å². The van der Waals surface area contributed by atoms with Gasteiger partial charge in [-0.1, -0.05) is 12.2 Å². The Labute approximate surface area is 233 Å². The molecule has 37 heavy (non-hydrogen) atoms. The van der Waals surface area contributed by atoms with Crippen LogP contribution in [0.1, 0.15) is 27.7 Å². The minimum Gasteiger partial charge on any atom is -0.434 e. The van der Waals surface area contributed by atoms with Crippen LogP contribution in [0.3, 0.4) is 0 Å². The lowest BCUT2D eigenvalue weighted by Crippen LogP contribution is -2.77. The molecule has 220 valence electrons. The smallest absolute Gasteiger partial charge is 0.368 e. The molecule has 0 aliphatic heterocycles. The zero-order valence-corrected chi connectivity index (χ0v) is 31.6. The second-order valence-corrected chi connectivity index (χ2v) is 41.4. The Bertz CT molecular complexity index is 658. The fraction of sp³-hybridized carbons (Fsp3) is 0.818. The largest absolute Gasteiger partial charge is 0.434 e. The summed E-state index contributed by atoms with van der Waals surface area (Å²) >= 11 is 0. The Balaban J connectivity index is 6.21. The molecule has 0 aliphatic rings. The zero-order chi connectivity index (χ0) is 29.3. The molecule has 0 aromatic rings. The van der Waals surface area contributed by atoms with Crippen molar-refractivity contribution in [2.24, 2.45) is 11.5 Å². The van der Waals surface area contributed by atoms with E-state index in [1.807, 2.05) is 27.7 Å². The molecule has 0 radical (unpaired) electrons. The molecule has 0 aromatic heterocycles. The molecule has 0 amide bonds. The van der Waals surface area contributed by atoms with Crippen LogP contribution in [-0.2, 0) is 30.0 Å². The lowest BCUT2D eigenvalue weighted by molar-refractivity contribution is 0.187. The third-order valence-electron chi connectivity index (χ3n) is 5.99. The third kappa shape index (κ3) is 9.22. The van der Waals surface area contributed by atoms with Crippen LogP contribution in [0.2, 0.25) is 52.4 Å². The highest BCUT2D eigenvalue weighted by atomic mass is 29.3. The summed E-state index contributed by atoms with van der Waals surface area (Å²) in [5.41, 5.74) is 12.3. The van der Waals surface area contributed by atoms with Crippen LogP contribution in [0.4, 0.5) is 0 Å². The van der Waals surface area contributed by atoms with Crippen LogP contribution in [0, 0.1) is 0 Å². The van der Waals surface area contributed by atoms with E-state index in [1.165, 1.54) is 0 Å².